The minimum atomic E-state index is 0.00287. The fourth-order valence-electron chi connectivity index (χ4n) is 4.05. The van der Waals surface area contributed by atoms with Crippen LogP contribution in [0.3, 0.4) is 0 Å². The maximum atomic E-state index is 5.31. The van der Waals surface area contributed by atoms with E-state index >= 15 is 0 Å². The molecule has 1 saturated heterocycles. The summed E-state index contributed by atoms with van der Waals surface area (Å²) in [7, 11) is 1.69. The van der Waals surface area contributed by atoms with Crippen molar-refractivity contribution in [3.05, 3.63) is 78.4 Å². The summed E-state index contributed by atoms with van der Waals surface area (Å²) in [5, 5.41) is 1.69. The number of hydrogen-bond acceptors (Lipinski definition) is 5. The molecule has 28 heavy (non-hydrogen) atoms. The number of hydrogen-bond donors (Lipinski definition) is 0. The molecule has 0 aliphatic carbocycles. The van der Waals surface area contributed by atoms with Gasteiger partial charge in [-0.3, -0.25) is 9.98 Å². The van der Waals surface area contributed by atoms with Crippen molar-refractivity contribution in [2.75, 3.05) is 13.7 Å². The quantitative estimate of drug-likeness (QED) is 0.659. The number of benzene rings is 1. The van der Waals surface area contributed by atoms with E-state index in [-0.39, 0.29) is 12.1 Å². The molecule has 6 heteroatoms. The smallest absolute Gasteiger partial charge is 0.160 e. The SMILES string of the molecule is COc1ccc(-n2cccc2C2C(c3ccccn3)N=C3SC(C)CN32)cc1. The zero-order chi connectivity index (χ0) is 19.1. The Morgan fingerprint density at radius 2 is 1.93 bits per heavy atom. The van der Waals surface area contributed by atoms with Crippen LogP contribution in [-0.4, -0.2) is 38.5 Å². The predicted molar refractivity (Wildman–Crippen MR) is 113 cm³/mol. The lowest BCUT2D eigenvalue weighted by Crippen LogP contribution is -2.30. The van der Waals surface area contributed by atoms with E-state index in [1.807, 2.05) is 42.2 Å². The molecule has 0 radical (unpaired) electrons. The molecule has 3 atom stereocenters. The highest BCUT2D eigenvalue weighted by molar-refractivity contribution is 8.14. The minimum absolute atomic E-state index is 0.00287. The monoisotopic (exact) mass is 390 g/mol. The molecule has 0 amide bonds. The van der Waals surface area contributed by atoms with Gasteiger partial charge in [0.05, 0.1) is 18.8 Å². The number of aromatic nitrogens is 2. The van der Waals surface area contributed by atoms with Crippen LogP contribution in [0.5, 0.6) is 5.75 Å². The molecule has 0 bridgehead atoms. The molecule has 2 aliphatic heterocycles. The molecule has 5 nitrogen and oxygen atoms in total. The van der Waals surface area contributed by atoms with E-state index in [9.17, 15) is 0 Å². The van der Waals surface area contributed by atoms with Crippen LogP contribution in [-0.2, 0) is 0 Å². The lowest BCUT2D eigenvalue weighted by atomic mass is 10.0. The number of fused-ring (bicyclic) bond motifs is 1. The van der Waals surface area contributed by atoms with E-state index < -0.39 is 0 Å². The van der Waals surface area contributed by atoms with Crippen LogP contribution in [0.2, 0.25) is 0 Å². The van der Waals surface area contributed by atoms with Crippen LogP contribution in [0.1, 0.15) is 30.4 Å². The first-order chi connectivity index (χ1) is 13.7. The molecule has 0 N–H and O–H groups in total. The normalized spacial score (nSPS) is 23.6. The molecular weight excluding hydrogens is 368 g/mol. The van der Waals surface area contributed by atoms with E-state index in [4.69, 9.17) is 9.73 Å². The number of ether oxygens (including phenoxy) is 1. The second-order valence-electron chi connectivity index (χ2n) is 7.14. The summed E-state index contributed by atoms with van der Waals surface area (Å²) in [6.45, 7) is 3.27. The van der Waals surface area contributed by atoms with Crippen molar-refractivity contribution in [1.82, 2.24) is 14.5 Å². The summed E-state index contributed by atoms with van der Waals surface area (Å²) >= 11 is 1.86. The second-order valence-corrected chi connectivity index (χ2v) is 8.54. The maximum absolute atomic E-state index is 5.31. The average Bonchev–Trinajstić information content (AvgIpc) is 3.42. The standard InChI is InChI=1S/C22H22N4OS/c1-15-14-26-21(20(24-22(26)28-15)18-6-3-4-12-23-18)19-7-5-13-25(19)16-8-10-17(27-2)11-9-16/h3-13,15,20-21H,14H2,1-2H3. The van der Waals surface area contributed by atoms with Gasteiger partial charge in [-0.15, -0.1) is 0 Å². The van der Waals surface area contributed by atoms with Gasteiger partial charge in [-0.2, -0.15) is 0 Å². The molecule has 4 heterocycles. The Kier molecular flexibility index (Phi) is 4.36. The van der Waals surface area contributed by atoms with Gasteiger partial charge in [-0.1, -0.05) is 24.8 Å². The number of rotatable bonds is 4. The van der Waals surface area contributed by atoms with Crippen molar-refractivity contribution in [2.24, 2.45) is 4.99 Å². The number of methoxy groups -OCH3 is 1. The van der Waals surface area contributed by atoms with Gasteiger partial charge in [0.15, 0.2) is 5.17 Å². The topological polar surface area (TPSA) is 42.6 Å². The Morgan fingerprint density at radius 3 is 2.68 bits per heavy atom. The molecule has 1 aromatic carbocycles. The molecule has 2 aliphatic rings. The maximum Gasteiger partial charge on any atom is 0.160 e. The molecule has 142 valence electrons. The molecule has 2 aromatic heterocycles. The third kappa shape index (κ3) is 2.88. The van der Waals surface area contributed by atoms with Crippen LogP contribution in [0.15, 0.2) is 72.0 Å². The van der Waals surface area contributed by atoms with E-state index in [0.29, 0.717) is 5.25 Å². The first kappa shape index (κ1) is 17.4. The number of thioether (sulfide) groups is 1. The lowest BCUT2D eigenvalue weighted by Gasteiger charge is -2.28. The van der Waals surface area contributed by atoms with Crippen LogP contribution in [0.25, 0.3) is 5.69 Å². The highest BCUT2D eigenvalue weighted by Gasteiger charge is 2.44. The number of aliphatic imine (C=N–C) groups is 1. The first-order valence-corrected chi connectivity index (χ1v) is 10.4. The highest BCUT2D eigenvalue weighted by atomic mass is 32.2. The van der Waals surface area contributed by atoms with E-state index in [2.05, 4.69) is 57.9 Å². The van der Waals surface area contributed by atoms with Gasteiger partial charge in [0.25, 0.3) is 0 Å². The van der Waals surface area contributed by atoms with Crippen LogP contribution in [0, 0.1) is 0 Å². The van der Waals surface area contributed by atoms with E-state index in [1.54, 1.807) is 7.11 Å². The van der Waals surface area contributed by atoms with Crippen molar-refractivity contribution in [3.8, 4) is 11.4 Å². The molecule has 5 rings (SSSR count). The Bertz CT molecular complexity index is 999. The Balaban J connectivity index is 1.58. The van der Waals surface area contributed by atoms with Gasteiger partial charge in [-0.25, -0.2) is 0 Å². The fourth-order valence-corrected chi connectivity index (χ4v) is 5.14. The summed E-state index contributed by atoms with van der Waals surface area (Å²) in [4.78, 5) is 12.2. The van der Waals surface area contributed by atoms with Crippen LogP contribution in [0.4, 0.5) is 0 Å². The summed E-state index contributed by atoms with van der Waals surface area (Å²) in [6.07, 6.45) is 3.98. The van der Waals surface area contributed by atoms with Gasteiger partial charge < -0.3 is 14.2 Å². The van der Waals surface area contributed by atoms with Crippen molar-refractivity contribution in [1.29, 1.82) is 0 Å². The van der Waals surface area contributed by atoms with Crippen molar-refractivity contribution >= 4 is 16.9 Å². The molecule has 3 aromatic rings. The third-order valence-corrected chi connectivity index (χ3v) is 6.42. The Labute approximate surface area is 169 Å². The first-order valence-electron chi connectivity index (χ1n) is 9.48. The number of nitrogens with zero attached hydrogens (tertiary/aromatic N) is 4. The third-order valence-electron chi connectivity index (χ3n) is 5.32. The van der Waals surface area contributed by atoms with Gasteiger partial charge in [0.1, 0.15) is 11.8 Å². The van der Waals surface area contributed by atoms with Crippen molar-refractivity contribution in [3.63, 3.8) is 0 Å². The van der Waals surface area contributed by atoms with Gasteiger partial charge >= 0.3 is 0 Å². The molecular formula is C22H22N4OS. The predicted octanol–water partition coefficient (Wildman–Crippen LogP) is 4.47. The summed E-state index contributed by atoms with van der Waals surface area (Å²) in [6, 6.07) is 18.7. The minimum Gasteiger partial charge on any atom is -0.497 e. The summed E-state index contributed by atoms with van der Waals surface area (Å²) < 4.78 is 7.57. The lowest BCUT2D eigenvalue weighted by molar-refractivity contribution is 0.312. The van der Waals surface area contributed by atoms with Crippen LogP contribution >= 0.6 is 11.8 Å². The molecule has 1 fully saturated rings. The highest BCUT2D eigenvalue weighted by Crippen LogP contribution is 2.47. The Hall–Kier alpha value is -2.73. The molecule has 0 saturated carbocycles. The van der Waals surface area contributed by atoms with E-state index in [0.717, 1.165) is 28.8 Å². The molecule has 0 spiro atoms. The van der Waals surface area contributed by atoms with Crippen molar-refractivity contribution < 1.29 is 4.74 Å². The molecule has 3 unspecified atom stereocenters. The van der Waals surface area contributed by atoms with Gasteiger partial charge in [0.2, 0.25) is 0 Å². The van der Waals surface area contributed by atoms with Gasteiger partial charge in [0, 0.05) is 35.6 Å². The summed E-state index contributed by atoms with van der Waals surface area (Å²) in [5.74, 6) is 0.861. The Morgan fingerprint density at radius 1 is 1.07 bits per heavy atom. The second kappa shape index (κ2) is 7.02. The van der Waals surface area contributed by atoms with Crippen LogP contribution < -0.4 is 4.74 Å². The fraction of sp³-hybridized carbons (Fsp3) is 0.273. The van der Waals surface area contributed by atoms with Crippen molar-refractivity contribution in [2.45, 2.75) is 24.3 Å². The zero-order valence-corrected chi connectivity index (χ0v) is 16.7. The largest absolute Gasteiger partial charge is 0.497 e. The van der Waals surface area contributed by atoms with E-state index in [1.165, 1.54) is 5.69 Å². The number of pyridine rings is 1. The average molecular weight is 391 g/mol. The zero-order valence-electron chi connectivity index (χ0n) is 15.9. The van der Waals surface area contributed by atoms with Gasteiger partial charge in [-0.05, 0) is 48.5 Å². The summed E-state index contributed by atoms with van der Waals surface area (Å²) in [5.41, 5.74) is 3.37. The number of amidine groups is 1.